The van der Waals surface area contributed by atoms with E-state index in [1.807, 2.05) is 6.92 Å². The Morgan fingerprint density at radius 3 is 2.70 bits per heavy atom. The Bertz CT molecular complexity index is 446. The number of aryl methyl sites for hydroxylation is 2. The van der Waals surface area contributed by atoms with Crippen molar-refractivity contribution in [3.05, 3.63) is 29.3 Å². The third-order valence-corrected chi connectivity index (χ3v) is 4.25. The van der Waals surface area contributed by atoms with Gasteiger partial charge in [-0.25, -0.2) is 0 Å². The van der Waals surface area contributed by atoms with Crippen molar-refractivity contribution < 1.29 is 9.90 Å². The first-order valence-corrected chi connectivity index (χ1v) is 8.02. The zero-order valence-corrected chi connectivity index (χ0v) is 13.6. The number of aliphatic hydroxyl groups excluding tert-OH is 1. The van der Waals surface area contributed by atoms with Gasteiger partial charge in [-0.05, 0) is 44.7 Å². The summed E-state index contributed by atoms with van der Waals surface area (Å²) in [6, 6.07) is 6.28. The van der Waals surface area contributed by atoms with Crippen molar-refractivity contribution in [2.45, 2.75) is 45.1 Å². The minimum atomic E-state index is -0.314. The van der Waals surface area contributed by atoms with Crippen LogP contribution < -0.4 is 5.32 Å². The molecule has 2 unspecified atom stereocenters. The number of hydrogen-bond acceptors (Lipinski definition) is 3. The summed E-state index contributed by atoms with van der Waals surface area (Å²) in [5.74, 6) is 0.782. The van der Waals surface area contributed by atoms with Crippen LogP contribution in [-0.2, 0) is 4.79 Å². The van der Waals surface area contributed by atoms with Gasteiger partial charge in [0.1, 0.15) is 0 Å². The molecule has 0 fully saturated rings. The van der Waals surface area contributed by atoms with Gasteiger partial charge in [0.25, 0.3) is 0 Å². The van der Waals surface area contributed by atoms with Crippen LogP contribution in [0.25, 0.3) is 0 Å². The van der Waals surface area contributed by atoms with Gasteiger partial charge in [0, 0.05) is 11.4 Å². The molecule has 0 radical (unpaired) electrons. The van der Waals surface area contributed by atoms with Gasteiger partial charge >= 0.3 is 0 Å². The highest BCUT2D eigenvalue weighted by Crippen LogP contribution is 2.23. The van der Waals surface area contributed by atoms with Gasteiger partial charge in [0.2, 0.25) is 5.91 Å². The Morgan fingerprint density at radius 2 is 2.05 bits per heavy atom. The molecule has 0 saturated heterocycles. The second-order valence-electron chi connectivity index (χ2n) is 5.55. The topological polar surface area (TPSA) is 49.3 Å². The first-order chi connectivity index (χ1) is 9.38. The molecule has 2 N–H and O–H groups in total. The van der Waals surface area contributed by atoms with Crippen molar-refractivity contribution in [2.75, 3.05) is 12.3 Å². The number of carbonyl (C=O) groups excluding carboxylic acids is 1. The van der Waals surface area contributed by atoms with Gasteiger partial charge in [0.05, 0.1) is 11.9 Å². The standard InChI is InChI=1S/C16H25NO2S/c1-11-5-6-13(3)15(8-11)20-10-16(19)17-9-12(2)7-14(4)18/h5-6,8,12,14,18H,7,9-10H2,1-4H3,(H,17,19). The lowest BCUT2D eigenvalue weighted by Crippen LogP contribution is -2.30. The predicted octanol–water partition coefficient (Wildman–Crippen LogP) is 2.92. The zero-order valence-electron chi connectivity index (χ0n) is 12.8. The van der Waals surface area contributed by atoms with E-state index < -0.39 is 0 Å². The van der Waals surface area contributed by atoms with Crippen molar-refractivity contribution in [1.82, 2.24) is 5.32 Å². The lowest BCUT2D eigenvalue weighted by molar-refractivity contribution is -0.118. The van der Waals surface area contributed by atoms with Crippen molar-refractivity contribution in [1.29, 1.82) is 0 Å². The normalized spacial score (nSPS) is 13.8. The fourth-order valence-electron chi connectivity index (χ4n) is 2.01. The summed E-state index contributed by atoms with van der Waals surface area (Å²) in [5.41, 5.74) is 2.42. The van der Waals surface area contributed by atoms with Crippen LogP contribution in [0.1, 0.15) is 31.4 Å². The maximum absolute atomic E-state index is 11.8. The molecule has 0 aromatic heterocycles. The van der Waals surface area contributed by atoms with Crippen molar-refractivity contribution >= 4 is 17.7 Å². The van der Waals surface area contributed by atoms with Gasteiger partial charge in [-0.1, -0.05) is 24.6 Å². The fraction of sp³-hybridized carbons (Fsp3) is 0.562. The number of amides is 1. The Labute approximate surface area is 126 Å². The molecule has 1 aromatic carbocycles. The van der Waals surface area contributed by atoms with E-state index in [9.17, 15) is 9.90 Å². The number of rotatable bonds is 7. The van der Waals surface area contributed by atoms with Crippen LogP contribution in [-0.4, -0.2) is 29.4 Å². The second-order valence-corrected chi connectivity index (χ2v) is 6.57. The van der Waals surface area contributed by atoms with Crippen LogP contribution in [0, 0.1) is 19.8 Å². The molecule has 0 aliphatic carbocycles. The SMILES string of the molecule is Cc1ccc(C)c(SCC(=O)NCC(C)CC(C)O)c1. The summed E-state index contributed by atoms with van der Waals surface area (Å²) in [5, 5.41) is 12.2. The second kappa shape index (κ2) is 8.32. The quantitative estimate of drug-likeness (QED) is 0.760. The van der Waals surface area contributed by atoms with E-state index in [0.717, 1.165) is 4.90 Å². The highest BCUT2D eigenvalue weighted by atomic mass is 32.2. The smallest absolute Gasteiger partial charge is 0.230 e. The molecule has 1 rings (SSSR count). The van der Waals surface area contributed by atoms with Crippen LogP contribution in [0.5, 0.6) is 0 Å². The van der Waals surface area contributed by atoms with Crippen LogP contribution in [0.2, 0.25) is 0 Å². The Balaban J connectivity index is 2.34. The van der Waals surface area contributed by atoms with E-state index in [4.69, 9.17) is 0 Å². The summed E-state index contributed by atoms with van der Waals surface area (Å²) in [7, 11) is 0. The first-order valence-electron chi connectivity index (χ1n) is 7.03. The molecule has 0 bridgehead atoms. The predicted molar refractivity (Wildman–Crippen MR) is 85.1 cm³/mol. The zero-order chi connectivity index (χ0) is 15.1. The summed E-state index contributed by atoms with van der Waals surface area (Å²) >= 11 is 1.57. The van der Waals surface area contributed by atoms with Crippen LogP contribution in [0.4, 0.5) is 0 Å². The molecule has 4 heteroatoms. The molecule has 20 heavy (non-hydrogen) atoms. The number of hydrogen-bond donors (Lipinski definition) is 2. The van der Waals surface area contributed by atoms with E-state index in [0.29, 0.717) is 24.6 Å². The third-order valence-electron chi connectivity index (χ3n) is 3.09. The fourth-order valence-corrected chi connectivity index (χ4v) is 2.96. The minimum Gasteiger partial charge on any atom is -0.393 e. The monoisotopic (exact) mass is 295 g/mol. The maximum atomic E-state index is 11.8. The van der Waals surface area contributed by atoms with Crippen molar-refractivity contribution in [2.24, 2.45) is 5.92 Å². The molecule has 112 valence electrons. The molecule has 0 heterocycles. The van der Waals surface area contributed by atoms with E-state index in [2.05, 4.69) is 37.4 Å². The Morgan fingerprint density at radius 1 is 1.35 bits per heavy atom. The van der Waals surface area contributed by atoms with Gasteiger partial charge in [0.15, 0.2) is 0 Å². The molecule has 1 aromatic rings. The number of thioether (sulfide) groups is 1. The van der Waals surface area contributed by atoms with Crippen molar-refractivity contribution in [3.8, 4) is 0 Å². The lowest BCUT2D eigenvalue weighted by atomic mass is 10.1. The van der Waals surface area contributed by atoms with Crippen LogP contribution in [0.3, 0.4) is 0 Å². The third kappa shape index (κ3) is 6.44. The first kappa shape index (κ1) is 17.1. The van der Waals surface area contributed by atoms with E-state index in [1.54, 1.807) is 18.7 Å². The van der Waals surface area contributed by atoms with Gasteiger partial charge < -0.3 is 10.4 Å². The lowest BCUT2D eigenvalue weighted by Gasteiger charge is -2.14. The molecular formula is C16H25NO2S. The summed E-state index contributed by atoms with van der Waals surface area (Å²) in [6.07, 6.45) is 0.399. The highest BCUT2D eigenvalue weighted by molar-refractivity contribution is 8.00. The average molecular weight is 295 g/mol. The van der Waals surface area contributed by atoms with Gasteiger partial charge in [-0.15, -0.1) is 11.8 Å². The molecule has 0 spiro atoms. The van der Waals surface area contributed by atoms with Gasteiger partial charge in [-0.2, -0.15) is 0 Å². The van der Waals surface area contributed by atoms with Crippen LogP contribution >= 0.6 is 11.8 Å². The Kier molecular flexibility index (Phi) is 7.10. The average Bonchev–Trinajstić information content (AvgIpc) is 2.36. The number of carbonyl (C=O) groups is 1. The largest absolute Gasteiger partial charge is 0.393 e. The van der Waals surface area contributed by atoms with Crippen LogP contribution in [0.15, 0.2) is 23.1 Å². The molecule has 0 saturated carbocycles. The minimum absolute atomic E-state index is 0.0494. The number of nitrogens with one attached hydrogen (secondary N) is 1. The summed E-state index contributed by atoms with van der Waals surface area (Å²) in [6.45, 7) is 8.54. The van der Waals surface area contributed by atoms with E-state index in [-0.39, 0.29) is 12.0 Å². The van der Waals surface area contributed by atoms with Gasteiger partial charge in [-0.3, -0.25) is 4.79 Å². The van der Waals surface area contributed by atoms with Crippen molar-refractivity contribution in [3.63, 3.8) is 0 Å². The number of benzene rings is 1. The van der Waals surface area contributed by atoms with E-state index >= 15 is 0 Å². The highest BCUT2D eigenvalue weighted by Gasteiger charge is 2.09. The Hall–Kier alpha value is -1.00. The molecular weight excluding hydrogens is 270 g/mol. The molecule has 3 nitrogen and oxygen atoms in total. The molecule has 0 aliphatic rings. The maximum Gasteiger partial charge on any atom is 0.230 e. The summed E-state index contributed by atoms with van der Waals surface area (Å²) < 4.78 is 0. The van der Waals surface area contributed by atoms with E-state index in [1.165, 1.54) is 11.1 Å². The molecule has 0 aliphatic heterocycles. The molecule has 2 atom stereocenters. The molecule has 1 amide bonds. The summed E-state index contributed by atoms with van der Waals surface area (Å²) in [4.78, 5) is 13.0. The number of aliphatic hydroxyl groups is 1.